The van der Waals surface area contributed by atoms with E-state index in [-0.39, 0.29) is 23.6 Å². The third kappa shape index (κ3) is 5.31. The van der Waals surface area contributed by atoms with Crippen molar-refractivity contribution in [2.75, 3.05) is 0 Å². The average molecular weight is 474 g/mol. The predicted octanol–water partition coefficient (Wildman–Crippen LogP) is 4.56. The van der Waals surface area contributed by atoms with Crippen molar-refractivity contribution in [2.45, 2.75) is 46.4 Å². The number of alkyl halides is 2. The van der Waals surface area contributed by atoms with Gasteiger partial charge in [-0.15, -0.1) is 0 Å². The van der Waals surface area contributed by atoms with Gasteiger partial charge in [0, 0.05) is 17.8 Å². The average Bonchev–Trinajstić information content (AvgIpc) is 3.04. The maximum atomic E-state index is 13.0. The van der Waals surface area contributed by atoms with Crippen LogP contribution in [0.3, 0.4) is 0 Å². The van der Waals surface area contributed by atoms with Gasteiger partial charge >= 0.3 is 6.61 Å². The molecule has 1 heterocycles. The van der Waals surface area contributed by atoms with Gasteiger partial charge in [-0.3, -0.25) is 4.68 Å². The zero-order chi connectivity index (χ0) is 23.6. The van der Waals surface area contributed by atoms with Crippen LogP contribution in [0.1, 0.15) is 40.1 Å². The third-order valence-electron chi connectivity index (χ3n) is 5.79. The number of ether oxygens (including phenoxy) is 1. The van der Waals surface area contributed by atoms with Gasteiger partial charge in [0.1, 0.15) is 5.75 Å². The molecule has 0 radical (unpaired) electrons. The topological polar surface area (TPSA) is 73.2 Å². The second-order valence-electron chi connectivity index (χ2n) is 7.97. The molecule has 0 fully saturated rings. The lowest BCUT2D eigenvalue weighted by molar-refractivity contribution is -0.0498. The number of fused-ring (bicyclic) bond motifs is 1. The molecule has 0 saturated heterocycles. The first kappa shape index (κ1) is 23.1. The normalized spacial score (nSPS) is 13.7. The second kappa shape index (κ2) is 9.44. The van der Waals surface area contributed by atoms with Crippen molar-refractivity contribution in [1.82, 2.24) is 14.5 Å². The van der Waals surface area contributed by atoms with Crippen molar-refractivity contribution in [1.29, 1.82) is 0 Å². The molecular formula is C24H25F2N3O3S. The van der Waals surface area contributed by atoms with E-state index in [0.29, 0.717) is 18.5 Å². The zero-order valence-corrected chi connectivity index (χ0v) is 19.2. The molecule has 3 aromatic rings. The summed E-state index contributed by atoms with van der Waals surface area (Å²) in [5.74, 6) is 0.0695. The number of nitrogens with one attached hydrogen (secondary N) is 1. The van der Waals surface area contributed by atoms with Gasteiger partial charge in [0.15, 0.2) is 0 Å². The molecule has 9 heteroatoms. The minimum absolute atomic E-state index is 0.0695. The van der Waals surface area contributed by atoms with E-state index in [2.05, 4.69) is 14.6 Å². The molecule has 174 valence electrons. The lowest BCUT2D eigenvalue weighted by Crippen LogP contribution is -2.26. The number of sulfonamides is 1. The lowest BCUT2D eigenvalue weighted by Gasteiger charge is -2.18. The molecule has 0 bridgehead atoms. The standard InChI is InChI=1S/C24H25F2N3O3S/c1-16-23(17(2)29(28-16)15-18-6-4-3-5-7-18)14-27-33(30,31)22-11-9-19-12-21(32-24(25)26)10-8-20(19)13-22/h3-8,10,12-13,24,27H,9,11,14-15H2,1-2H3. The summed E-state index contributed by atoms with van der Waals surface area (Å²) < 4.78 is 59.8. The van der Waals surface area contributed by atoms with Crippen molar-refractivity contribution in [3.8, 4) is 5.75 Å². The Hall–Kier alpha value is -3.04. The molecule has 1 aliphatic rings. The predicted molar refractivity (Wildman–Crippen MR) is 122 cm³/mol. The summed E-state index contributed by atoms with van der Waals surface area (Å²) in [6.07, 6.45) is 2.30. The Morgan fingerprint density at radius 3 is 2.61 bits per heavy atom. The Bertz CT molecular complexity index is 1290. The maximum Gasteiger partial charge on any atom is 0.387 e. The highest BCUT2D eigenvalue weighted by Crippen LogP contribution is 2.30. The first-order valence-electron chi connectivity index (χ1n) is 10.6. The number of allylic oxidation sites excluding steroid dienone is 1. The van der Waals surface area contributed by atoms with Crippen molar-refractivity contribution < 1.29 is 21.9 Å². The highest BCUT2D eigenvalue weighted by atomic mass is 32.2. The fourth-order valence-corrected chi connectivity index (χ4v) is 5.16. The Morgan fingerprint density at radius 1 is 1.12 bits per heavy atom. The number of aromatic nitrogens is 2. The van der Waals surface area contributed by atoms with Gasteiger partial charge in [0.25, 0.3) is 0 Å². The van der Waals surface area contributed by atoms with Crippen LogP contribution >= 0.6 is 0 Å². The Balaban J connectivity index is 1.48. The largest absolute Gasteiger partial charge is 0.435 e. The van der Waals surface area contributed by atoms with Crippen LogP contribution in [-0.4, -0.2) is 24.8 Å². The number of benzene rings is 2. The fraction of sp³-hybridized carbons (Fsp3) is 0.292. The summed E-state index contributed by atoms with van der Waals surface area (Å²) >= 11 is 0. The monoisotopic (exact) mass is 473 g/mol. The Morgan fingerprint density at radius 2 is 1.88 bits per heavy atom. The maximum absolute atomic E-state index is 13.0. The molecule has 1 aromatic heterocycles. The number of rotatable bonds is 8. The van der Waals surface area contributed by atoms with E-state index in [9.17, 15) is 17.2 Å². The summed E-state index contributed by atoms with van der Waals surface area (Å²) in [6.45, 7) is 1.65. The molecule has 0 spiro atoms. The number of aryl methyl sites for hydroxylation is 2. The van der Waals surface area contributed by atoms with Crippen LogP contribution in [0.15, 0.2) is 53.4 Å². The Kier molecular flexibility index (Phi) is 6.62. The number of hydrogen-bond donors (Lipinski definition) is 1. The van der Waals surface area contributed by atoms with Crippen LogP contribution < -0.4 is 9.46 Å². The van der Waals surface area contributed by atoms with Crippen LogP contribution in [0.2, 0.25) is 0 Å². The molecule has 0 aliphatic heterocycles. The summed E-state index contributed by atoms with van der Waals surface area (Å²) in [5.41, 5.74) is 5.12. The van der Waals surface area contributed by atoms with Gasteiger partial charge in [-0.25, -0.2) is 13.1 Å². The van der Waals surface area contributed by atoms with E-state index in [0.717, 1.165) is 28.1 Å². The van der Waals surface area contributed by atoms with E-state index in [1.54, 1.807) is 12.1 Å². The van der Waals surface area contributed by atoms with Crippen LogP contribution in [0.4, 0.5) is 8.78 Å². The molecule has 0 atom stereocenters. The van der Waals surface area contributed by atoms with E-state index in [4.69, 9.17) is 0 Å². The number of halogens is 2. The lowest BCUT2D eigenvalue weighted by atomic mass is 9.97. The molecule has 4 rings (SSSR count). The summed E-state index contributed by atoms with van der Waals surface area (Å²) in [5, 5.41) is 4.58. The summed E-state index contributed by atoms with van der Waals surface area (Å²) in [4.78, 5) is 0.268. The van der Waals surface area contributed by atoms with Crippen LogP contribution in [0.5, 0.6) is 5.75 Å². The van der Waals surface area contributed by atoms with Crippen molar-refractivity contribution in [2.24, 2.45) is 0 Å². The van der Waals surface area contributed by atoms with Crippen molar-refractivity contribution in [3.63, 3.8) is 0 Å². The molecule has 1 aliphatic carbocycles. The fourth-order valence-electron chi connectivity index (χ4n) is 3.99. The minimum Gasteiger partial charge on any atom is -0.435 e. The SMILES string of the molecule is Cc1nn(Cc2ccccc2)c(C)c1CNS(=O)(=O)C1=Cc2ccc(OC(F)F)cc2CC1. The van der Waals surface area contributed by atoms with Crippen LogP contribution in [-0.2, 0) is 29.5 Å². The highest BCUT2D eigenvalue weighted by Gasteiger charge is 2.23. The molecule has 2 aromatic carbocycles. The van der Waals surface area contributed by atoms with E-state index in [1.165, 1.54) is 12.1 Å². The van der Waals surface area contributed by atoms with Gasteiger partial charge in [0.2, 0.25) is 10.0 Å². The molecule has 0 amide bonds. The Labute approximate surface area is 191 Å². The number of nitrogens with zero attached hydrogens (tertiary/aromatic N) is 2. The molecule has 0 unspecified atom stereocenters. The molecule has 6 nitrogen and oxygen atoms in total. The van der Waals surface area contributed by atoms with E-state index < -0.39 is 16.6 Å². The molecule has 1 N–H and O–H groups in total. The molecule has 0 saturated carbocycles. The van der Waals surface area contributed by atoms with E-state index >= 15 is 0 Å². The summed E-state index contributed by atoms with van der Waals surface area (Å²) in [6, 6.07) is 14.5. The first-order valence-corrected chi connectivity index (χ1v) is 12.1. The molecule has 33 heavy (non-hydrogen) atoms. The second-order valence-corrected chi connectivity index (χ2v) is 9.79. The number of hydrogen-bond acceptors (Lipinski definition) is 4. The zero-order valence-electron chi connectivity index (χ0n) is 18.4. The smallest absolute Gasteiger partial charge is 0.387 e. The van der Waals surface area contributed by atoms with E-state index in [1.807, 2.05) is 48.9 Å². The minimum atomic E-state index is -3.71. The van der Waals surface area contributed by atoms with Gasteiger partial charge in [0.05, 0.1) is 17.1 Å². The van der Waals surface area contributed by atoms with Crippen molar-refractivity contribution in [3.05, 3.63) is 87.1 Å². The van der Waals surface area contributed by atoms with Gasteiger partial charge < -0.3 is 4.74 Å². The van der Waals surface area contributed by atoms with Gasteiger partial charge in [-0.1, -0.05) is 36.4 Å². The van der Waals surface area contributed by atoms with Crippen LogP contribution in [0.25, 0.3) is 6.08 Å². The summed E-state index contributed by atoms with van der Waals surface area (Å²) in [7, 11) is -3.71. The van der Waals surface area contributed by atoms with Gasteiger partial charge in [-0.05, 0) is 61.6 Å². The third-order valence-corrected chi connectivity index (χ3v) is 7.32. The highest BCUT2D eigenvalue weighted by molar-refractivity contribution is 7.93. The van der Waals surface area contributed by atoms with Gasteiger partial charge in [-0.2, -0.15) is 13.9 Å². The van der Waals surface area contributed by atoms with Crippen LogP contribution in [0, 0.1) is 13.8 Å². The van der Waals surface area contributed by atoms with Crippen molar-refractivity contribution >= 4 is 16.1 Å². The molecular weight excluding hydrogens is 448 g/mol. The first-order chi connectivity index (χ1) is 15.7. The quantitative estimate of drug-likeness (QED) is 0.521.